The van der Waals surface area contributed by atoms with Crippen molar-refractivity contribution < 1.29 is 9.59 Å². The molecule has 1 aliphatic rings. The molecule has 1 unspecified atom stereocenters. The molecule has 2 amide bonds. The van der Waals surface area contributed by atoms with Crippen LogP contribution in [0.3, 0.4) is 0 Å². The molecule has 5 heteroatoms. The maximum absolute atomic E-state index is 11.7. The van der Waals surface area contributed by atoms with Crippen molar-refractivity contribution in [3.63, 3.8) is 0 Å². The van der Waals surface area contributed by atoms with Gasteiger partial charge < -0.3 is 16.0 Å². The van der Waals surface area contributed by atoms with E-state index in [1.165, 1.54) is 0 Å². The van der Waals surface area contributed by atoms with Crippen molar-refractivity contribution in [1.82, 2.24) is 10.2 Å². The Bertz CT molecular complexity index is 270. The number of likely N-dealkylation sites (tertiary alicyclic amines) is 1. The highest BCUT2D eigenvalue weighted by molar-refractivity contribution is 5.91. The van der Waals surface area contributed by atoms with Crippen LogP contribution in [0.2, 0.25) is 0 Å². The molecule has 5 nitrogen and oxygen atoms in total. The number of piperidine rings is 1. The fraction of sp³-hybridized carbons (Fsp3) is 0.800. The van der Waals surface area contributed by atoms with Crippen LogP contribution in [0.5, 0.6) is 0 Å². The highest BCUT2D eigenvalue weighted by Crippen LogP contribution is 2.10. The van der Waals surface area contributed by atoms with Crippen molar-refractivity contribution in [1.29, 1.82) is 0 Å². The summed E-state index contributed by atoms with van der Waals surface area (Å²) >= 11 is 0. The van der Waals surface area contributed by atoms with Crippen molar-refractivity contribution >= 4 is 11.8 Å². The van der Waals surface area contributed by atoms with E-state index in [1.54, 1.807) is 25.8 Å². The molecule has 1 saturated heterocycles. The average Bonchev–Trinajstić information content (AvgIpc) is 2.11. The molecule has 15 heavy (non-hydrogen) atoms. The number of nitrogens with two attached hydrogens (primary N) is 1. The van der Waals surface area contributed by atoms with Crippen LogP contribution in [0.15, 0.2) is 0 Å². The highest BCUT2D eigenvalue weighted by Gasteiger charge is 2.31. The van der Waals surface area contributed by atoms with Gasteiger partial charge in [-0.2, -0.15) is 0 Å². The first-order valence-corrected chi connectivity index (χ1v) is 5.17. The van der Waals surface area contributed by atoms with Gasteiger partial charge in [-0.15, -0.1) is 0 Å². The molecule has 0 bridgehead atoms. The zero-order valence-corrected chi connectivity index (χ0v) is 9.54. The first-order valence-electron chi connectivity index (χ1n) is 5.17. The summed E-state index contributed by atoms with van der Waals surface area (Å²) in [5.74, 6) is -0.310. The summed E-state index contributed by atoms with van der Waals surface area (Å²) in [7, 11) is 1.74. The standard InChI is InChI=1S/C10H19N3O2/c1-10(2,11)9(15)12-7-5-4-6-13(3)8(7)14/h7H,4-6,11H2,1-3H3,(H,12,15). The second-order valence-electron chi connectivity index (χ2n) is 4.65. The third-order valence-electron chi connectivity index (χ3n) is 2.55. The lowest BCUT2D eigenvalue weighted by Crippen LogP contribution is -2.57. The molecular weight excluding hydrogens is 194 g/mol. The molecule has 0 radical (unpaired) electrons. The van der Waals surface area contributed by atoms with Crippen LogP contribution in [0.4, 0.5) is 0 Å². The first-order chi connectivity index (χ1) is 6.82. The van der Waals surface area contributed by atoms with Crippen molar-refractivity contribution in [3.8, 4) is 0 Å². The topological polar surface area (TPSA) is 75.4 Å². The zero-order chi connectivity index (χ0) is 11.6. The Morgan fingerprint density at radius 2 is 2.20 bits per heavy atom. The van der Waals surface area contributed by atoms with Crippen molar-refractivity contribution in [2.75, 3.05) is 13.6 Å². The van der Waals surface area contributed by atoms with E-state index in [0.717, 1.165) is 13.0 Å². The van der Waals surface area contributed by atoms with Gasteiger partial charge in [0.15, 0.2) is 0 Å². The fourth-order valence-corrected chi connectivity index (χ4v) is 1.51. The summed E-state index contributed by atoms with van der Waals surface area (Å²) in [6, 6.07) is -0.404. The summed E-state index contributed by atoms with van der Waals surface area (Å²) < 4.78 is 0. The third kappa shape index (κ3) is 2.92. The lowest BCUT2D eigenvalue weighted by atomic mass is 10.0. The van der Waals surface area contributed by atoms with Gasteiger partial charge in [0.25, 0.3) is 0 Å². The lowest BCUT2D eigenvalue weighted by molar-refractivity contribution is -0.138. The van der Waals surface area contributed by atoms with Gasteiger partial charge in [-0.25, -0.2) is 0 Å². The number of nitrogens with zero attached hydrogens (tertiary/aromatic N) is 1. The number of carbonyl (C=O) groups is 2. The number of likely N-dealkylation sites (N-methyl/N-ethyl adjacent to an activating group) is 1. The Kier molecular flexibility index (Phi) is 3.34. The van der Waals surface area contributed by atoms with E-state index < -0.39 is 11.6 Å². The highest BCUT2D eigenvalue weighted by atomic mass is 16.2. The van der Waals surface area contributed by atoms with E-state index in [-0.39, 0.29) is 11.8 Å². The fourth-order valence-electron chi connectivity index (χ4n) is 1.51. The molecule has 1 aliphatic heterocycles. The first kappa shape index (κ1) is 12.0. The van der Waals surface area contributed by atoms with Crippen molar-refractivity contribution in [2.45, 2.75) is 38.3 Å². The van der Waals surface area contributed by atoms with E-state index in [2.05, 4.69) is 5.32 Å². The minimum absolute atomic E-state index is 0.0288. The molecule has 1 fully saturated rings. The van der Waals surface area contributed by atoms with Gasteiger partial charge in [-0.05, 0) is 26.7 Å². The summed E-state index contributed by atoms with van der Waals surface area (Å²) in [5.41, 5.74) is 4.71. The quantitative estimate of drug-likeness (QED) is 0.647. The maximum atomic E-state index is 11.7. The average molecular weight is 213 g/mol. The Labute approximate surface area is 90.0 Å². The van der Waals surface area contributed by atoms with E-state index in [4.69, 9.17) is 5.73 Å². The maximum Gasteiger partial charge on any atom is 0.244 e. The van der Waals surface area contributed by atoms with Crippen LogP contribution in [-0.4, -0.2) is 41.9 Å². The summed E-state index contributed by atoms with van der Waals surface area (Å²) in [6.45, 7) is 4.01. The van der Waals surface area contributed by atoms with Gasteiger partial charge in [0.1, 0.15) is 6.04 Å². The van der Waals surface area contributed by atoms with Crippen LogP contribution in [-0.2, 0) is 9.59 Å². The predicted molar refractivity (Wildman–Crippen MR) is 57.1 cm³/mol. The molecule has 0 aromatic heterocycles. The van der Waals surface area contributed by atoms with Gasteiger partial charge in [-0.1, -0.05) is 0 Å². The van der Waals surface area contributed by atoms with E-state index >= 15 is 0 Å². The third-order valence-corrected chi connectivity index (χ3v) is 2.55. The van der Waals surface area contributed by atoms with Gasteiger partial charge in [0.05, 0.1) is 5.54 Å². The summed E-state index contributed by atoms with van der Waals surface area (Å²) in [5, 5.41) is 2.68. The Morgan fingerprint density at radius 1 is 1.60 bits per heavy atom. The summed E-state index contributed by atoms with van der Waals surface area (Å²) in [6.07, 6.45) is 1.61. The molecule has 3 N–H and O–H groups in total. The molecule has 0 spiro atoms. The van der Waals surface area contributed by atoms with Gasteiger partial charge in [0, 0.05) is 13.6 Å². The number of nitrogens with one attached hydrogen (secondary N) is 1. The second-order valence-corrected chi connectivity index (χ2v) is 4.65. The molecule has 0 aliphatic carbocycles. The number of hydrogen-bond acceptors (Lipinski definition) is 3. The van der Waals surface area contributed by atoms with Crippen molar-refractivity contribution in [2.24, 2.45) is 5.73 Å². The van der Waals surface area contributed by atoms with Gasteiger partial charge in [-0.3, -0.25) is 9.59 Å². The van der Waals surface area contributed by atoms with E-state index in [9.17, 15) is 9.59 Å². The molecule has 0 aromatic rings. The minimum Gasteiger partial charge on any atom is -0.344 e. The predicted octanol–water partition coefficient (Wildman–Crippen LogP) is -0.539. The number of amides is 2. The van der Waals surface area contributed by atoms with Crippen LogP contribution in [0.1, 0.15) is 26.7 Å². The van der Waals surface area contributed by atoms with Gasteiger partial charge in [0.2, 0.25) is 11.8 Å². The number of rotatable bonds is 2. The van der Waals surface area contributed by atoms with Gasteiger partial charge >= 0.3 is 0 Å². The molecular formula is C10H19N3O2. The van der Waals surface area contributed by atoms with Crippen LogP contribution >= 0.6 is 0 Å². The lowest BCUT2D eigenvalue weighted by Gasteiger charge is -2.31. The largest absolute Gasteiger partial charge is 0.344 e. The van der Waals surface area contributed by atoms with Crippen molar-refractivity contribution in [3.05, 3.63) is 0 Å². The molecule has 0 saturated carbocycles. The molecule has 1 heterocycles. The van der Waals surface area contributed by atoms with E-state index in [0.29, 0.717) is 6.42 Å². The second kappa shape index (κ2) is 4.18. The van der Waals surface area contributed by atoms with Crippen LogP contribution in [0, 0.1) is 0 Å². The molecule has 1 rings (SSSR count). The molecule has 86 valence electrons. The Morgan fingerprint density at radius 3 is 2.73 bits per heavy atom. The summed E-state index contributed by atoms with van der Waals surface area (Å²) in [4.78, 5) is 24.9. The Balaban J connectivity index is 2.58. The number of hydrogen-bond donors (Lipinski definition) is 2. The normalized spacial score (nSPS) is 22.8. The zero-order valence-electron chi connectivity index (χ0n) is 9.54. The minimum atomic E-state index is -0.934. The Hall–Kier alpha value is -1.10. The SMILES string of the molecule is CN1CCCC(NC(=O)C(C)(C)N)C1=O. The molecule has 0 aromatic carbocycles. The number of carbonyl (C=O) groups excluding carboxylic acids is 2. The van der Waals surface area contributed by atoms with Crippen LogP contribution in [0.25, 0.3) is 0 Å². The van der Waals surface area contributed by atoms with E-state index in [1.807, 2.05) is 0 Å². The molecule has 1 atom stereocenters. The smallest absolute Gasteiger partial charge is 0.244 e. The van der Waals surface area contributed by atoms with Crippen LogP contribution < -0.4 is 11.1 Å². The monoisotopic (exact) mass is 213 g/mol.